The van der Waals surface area contributed by atoms with Gasteiger partial charge in [-0.1, -0.05) is 24.3 Å². The van der Waals surface area contributed by atoms with Crippen molar-refractivity contribution < 1.29 is 24.2 Å². The molecule has 0 radical (unpaired) electrons. The van der Waals surface area contributed by atoms with Gasteiger partial charge in [-0.2, -0.15) is 0 Å². The Morgan fingerprint density at radius 1 is 1.07 bits per heavy atom. The summed E-state index contributed by atoms with van der Waals surface area (Å²) in [6.45, 7) is 3.70. The molecule has 2 aromatic rings. The molecular formula is C22H24N2O5S. The molecule has 3 rings (SSSR count). The van der Waals surface area contributed by atoms with Gasteiger partial charge in [0, 0.05) is 4.88 Å². The van der Waals surface area contributed by atoms with Gasteiger partial charge < -0.3 is 20.5 Å². The van der Waals surface area contributed by atoms with Crippen LogP contribution in [0.1, 0.15) is 33.6 Å². The number of ether oxygens (including phenoxy) is 1. The van der Waals surface area contributed by atoms with E-state index in [1.54, 1.807) is 30.3 Å². The van der Waals surface area contributed by atoms with Gasteiger partial charge in [0.05, 0.1) is 30.2 Å². The van der Waals surface area contributed by atoms with E-state index in [0.717, 1.165) is 10.4 Å². The number of anilines is 2. The van der Waals surface area contributed by atoms with Crippen molar-refractivity contribution in [3.63, 3.8) is 0 Å². The number of thiophene rings is 1. The number of methoxy groups -OCH3 is 1. The molecule has 1 aliphatic rings. The van der Waals surface area contributed by atoms with E-state index in [-0.39, 0.29) is 11.8 Å². The van der Waals surface area contributed by atoms with Gasteiger partial charge in [-0.3, -0.25) is 14.4 Å². The number of carbonyl (C=O) groups excluding carboxylic acids is 2. The lowest BCUT2D eigenvalue weighted by molar-refractivity contribution is -0.146. The molecule has 0 unspecified atom stereocenters. The first-order valence-electron chi connectivity index (χ1n) is 9.56. The van der Waals surface area contributed by atoms with Crippen LogP contribution in [0.4, 0.5) is 10.7 Å². The van der Waals surface area contributed by atoms with Crippen molar-refractivity contribution in [2.45, 2.75) is 26.7 Å². The fourth-order valence-corrected chi connectivity index (χ4v) is 4.56. The summed E-state index contributed by atoms with van der Waals surface area (Å²) in [6.07, 6.45) is 4.28. The molecular weight excluding hydrogens is 404 g/mol. The zero-order chi connectivity index (χ0) is 21.8. The van der Waals surface area contributed by atoms with Crippen LogP contribution in [-0.2, 0) is 9.59 Å². The zero-order valence-electron chi connectivity index (χ0n) is 17.0. The van der Waals surface area contributed by atoms with Gasteiger partial charge in [0.15, 0.2) is 0 Å². The summed E-state index contributed by atoms with van der Waals surface area (Å²) < 4.78 is 5.28. The molecule has 1 aromatic heterocycles. The lowest BCUT2D eigenvalue weighted by atomic mass is 9.82. The quantitative estimate of drug-likeness (QED) is 0.597. The minimum atomic E-state index is -0.993. The van der Waals surface area contributed by atoms with E-state index in [1.807, 2.05) is 19.9 Å². The minimum absolute atomic E-state index is 0.317. The highest BCUT2D eigenvalue weighted by molar-refractivity contribution is 7.16. The summed E-state index contributed by atoms with van der Waals surface area (Å²) in [5.41, 5.74) is 1.66. The molecule has 2 amide bonds. The molecule has 0 fully saturated rings. The number of hydrogen-bond acceptors (Lipinski definition) is 5. The van der Waals surface area contributed by atoms with Gasteiger partial charge in [-0.05, 0) is 44.4 Å². The summed E-state index contributed by atoms with van der Waals surface area (Å²) in [5.74, 6) is -2.68. The summed E-state index contributed by atoms with van der Waals surface area (Å²) in [7, 11) is 1.52. The number of hydrogen-bond donors (Lipinski definition) is 3. The van der Waals surface area contributed by atoms with Crippen molar-refractivity contribution in [2.24, 2.45) is 11.8 Å². The molecule has 1 aliphatic carbocycles. The maximum atomic E-state index is 13.1. The number of amides is 2. The fraction of sp³-hybridized carbons (Fsp3) is 0.318. The van der Waals surface area contributed by atoms with Gasteiger partial charge in [0.25, 0.3) is 5.91 Å². The number of carboxylic acid groups (broad SMARTS) is 1. The summed E-state index contributed by atoms with van der Waals surface area (Å²) in [4.78, 5) is 38.4. The third-order valence-electron chi connectivity index (χ3n) is 5.29. The Hall–Kier alpha value is -3.13. The first-order chi connectivity index (χ1) is 14.3. The van der Waals surface area contributed by atoms with Crippen LogP contribution in [-0.4, -0.2) is 30.0 Å². The number of nitrogens with one attached hydrogen (secondary N) is 2. The standard InChI is InChI=1S/C22H24N2O5S/c1-12-13(2)30-21(24-19(25)14-8-4-5-9-15(14)22(27)28)18(12)20(26)23-16-10-6-7-11-17(16)29-3/h4-7,10-11,14-15H,8-9H2,1-3H3,(H,23,26)(H,24,25)(H,27,28)/t14-,15-/m1/s1. The van der Waals surface area contributed by atoms with E-state index in [0.29, 0.717) is 34.8 Å². The van der Waals surface area contributed by atoms with Crippen LogP contribution in [0.5, 0.6) is 5.75 Å². The Bertz CT molecular complexity index is 1010. The molecule has 2 atom stereocenters. The van der Waals surface area contributed by atoms with E-state index < -0.39 is 17.8 Å². The van der Waals surface area contributed by atoms with Crippen LogP contribution in [0.15, 0.2) is 36.4 Å². The molecule has 1 aromatic carbocycles. The zero-order valence-corrected chi connectivity index (χ0v) is 17.8. The first kappa shape index (κ1) is 21.6. The number of para-hydroxylation sites is 2. The topological polar surface area (TPSA) is 105 Å². The molecule has 158 valence electrons. The predicted octanol–water partition coefficient (Wildman–Crippen LogP) is 4.23. The molecule has 0 saturated carbocycles. The molecule has 7 nitrogen and oxygen atoms in total. The van der Waals surface area contributed by atoms with Crippen molar-refractivity contribution in [3.05, 3.63) is 52.4 Å². The Kier molecular flexibility index (Phi) is 6.56. The number of carboxylic acids is 1. The first-order valence-corrected chi connectivity index (χ1v) is 10.4. The van der Waals surface area contributed by atoms with Crippen molar-refractivity contribution >= 4 is 39.8 Å². The highest BCUT2D eigenvalue weighted by atomic mass is 32.1. The molecule has 3 N–H and O–H groups in total. The summed E-state index contributed by atoms with van der Waals surface area (Å²) in [5, 5.41) is 15.5. The lowest BCUT2D eigenvalue weighted by Crippen LogP contribution is -2.35. The third kappa shape index (κ3) is 4.38. The number of allylic oxidation sites excluding steroid dienone is 2. The Balaban J connectivity index is 1.86. The van der Waals surface area contributed by atoms with Gasteiger partial charge in [-0.25, -0.2) is 0 Å². The van der Waals surface area contributed by atoms with Crippen molar-refractivity contribution in [1.82, 2.24) is 0 Å². The number of carbonyl (C=O) groups is 3. The van der Waals surface area contributed by atoms with Gasteiger partial charge >= 0.3 is 5.97 Å². The summed E-state index contributed by atoms with van der Waals surface area (Å²) >= 11 is 1.30. The van der Waals surface area contributed by atoms with Crippen LogP contribution in [0.3, 0.4) is 0 Å². The molecule has 30 heavy (non-hydrogen) atoms. The van der Waals surface area contributed by atoms with E-state index in [9.17, 15) is 19.5 Å². The monoisotopic (exact) mass is 428 g/mol. The average Bonchev–Trinajstić information content (AvgIpc) is 3.01. The molecule has 1 heterocycles. The van der Waals surface area contributed by atoms with Gasteiger partial charge in [0.1, 0.15) is 10.8 Å². The Morgan fingerprint density at radius 2 is 1.73 bits per heavy atom. The second kappa shape index (κ2) is 9.13. The maximum absolute atomic E-state index is 13.1. The lowest BCUT2D eigenvalue weighted by Gasteiger charge is -2.24. The van der Waals surface area contributed by atoms with Crippen molar-refractivity contribution in [1.29, 1.82) is 0 Å². The van der Waals surface area contributed by atoms with Gasteiger partial charge in [0.2, 0.25) is 5.91 Å². The number of aliphatic carboxylic acids is 1. The molecule has 8 heteroatoms. The second-order valence-corrected chi connectivity index (χ2v) is 8.35. The number of benzene rings is 1. The highest BCUT2D eigenvalue weighted by Gasteiger charge is 2.35. The van der Waals surface area contributed by atoms with Crippen LogP contribution in [0, 0.1) is 25.7 Å². The molecule has 0 spiro atoms. The maximum Gasteiger partial charge on any atom is 0.307 e. The van der Waals surface area contributed by atoms with Crippen LogP contribution in [0.2, 0.25) is 0 Å². The van der Waals surface area contributed by atoms with E-state index in [4.69, 9.17) is 4.74 Å². The Morgan fingerprint density at radius 3 is 2.40 bits per heavy atom. The predicted molar refractivity (Wildman–Crippen MR) is 116 cm³/mol. The number of aryl methyl sites for hydroxylation is 1. The van der Waals surface area contributed by atoms with Gasteiger partial charge in [-0.15, -0.1) is 11.3 Å². The number of rotatable bonds is 6. The molecule has 0 saturated heterocycles. The van der Waals surface area contributed by atoms with Crippen molar-refractivity contribution in [3.8, 4) is 5.75 Å². The van der Waals surface area contributed by atoms with Crippen LogP contribution >= 0.6 is 11.3 Å². The third-order valence-corrected chi connectivity index (χ3v) is 6.41. The molecule has 0 aliphatic heterocycles. The second-order valence-electron chi connectivity index (χ2n) is 7.13. The average molecular weight is 429 g/mol. The SMILES string of the molecule is COc1ccccc1NC(=O)c1c(NC(=O)[C@@H]2CC=CC[C@H]2C(=O)O)sc(C)c1C. The minimum Gasteiger partial charge on any atom is -0.495 e. The smallest absolute Gasteiger partial charge is 0.307 e. The van der Waals surface area contributed by atoms with Crippen LogP contribution < -0.4 is 15.4 Å². The summed E-state index contributed by atoms with van der Waals surface area (Å²) in [6, 6.07) is 7.06. The Labute approximate surface area is 178 Å². The van der Waals surface area contributed by atoms with E-state index >= 15 is 0 Å². The molecule has 0 bridgehead atoms. The fourth-order valence-electron chi connectivity index (χ4n) is 3.50. The van der Waals surface area contributed by atoms with Crippen molar-refractivity contribution in [2.75, 3.05) is 17.7 Å². The largest absolute Gasteiger partial charge is 0.495 e. The van der Waals surface area contributed by atoms with E-state index in [1.165, 1.54) is 18.4 Å². The highest BCUT2D eigenvalue weighted by Crippen LogP contribution is 2.35. The normalized spacial score (nSPS) is 18.0. The van der Waals surface area contributed by atoms with Crippen LogP contribution in [0.25, 0.3) is 0 Å². The van der Waals surface area contributed by atoms with E-state index in [2.05, 4.69) is 10.6 Å².